The summed E-state index contributed by atoms with van der Waals surface area (Å²) in [4.78, 5) is 23.6. The van der Waals surface area contributed by atoms with Gasteiger partial charge in [-0.2, -0.15) is 0 Å². The van der Waals surface area contributed by atoms with Gasteiger partial charge in [0, 0.05) is 25.2 Å². The Balaban J connectivity index is 1.23. The van der Waals surface area contributed by atoms with Crippen LogP contribution < -0.4 is 10.6 Å². The molecule has 6 heteroatoms. The number of amides is 2. The van der Waals surface area contributed by atoms with Crippen LogP contribution in [-0.4, -0.2) is 46.6 Å². The zero-order chi connectivity index (χ0) is 18.5. The van der Waals surface area contributed by atoms with Crippen molar-refractivity contribution in [2.24, 2.45) is 5.92 Å². The van der Waals surface area contributed by atoms with Gasteiger partial charge in [0.05, 0.1) is 0 Å². The second-order valence-corrected chi connectivity index (χ2v) is 7.57. The van der Waals surface area contributed by atoms with Crippen molar-refractivity contribution in [3.63, 3.8) is 0 Å². The first-order chi connectivity index (χ1) is 13.3. The third-order valence-electron chi connectivity index (χ3n) is 5.42. The van der Waals surface area contributed by atoms with Crippen molar-refractivity contribution < 1.29 is 4.79 Å². The zero-order valence-electron chi connectivity index (χ0n) is 15.6. The van der Waals surface area contributed by atoms with Gasteiger partial charge in [-0.1, -0.05) is 30.3 Å². The highest BCUT2D eigenvalue weighted by atomic mass is 16.2. The average Bonchev–Trinajstić information content (AvgIpc) is 3.53. The first kappa shape index (κ1) is 17.9. The third-order valence-corrected chi connectivity index (χ3v) is 5.42. The molecule has 0 radical (unpaired) electrons. The minimum absolute atomic E-state index is 0.191. The summed E-state index contributed by atoms with van der Waals surface area (Å²) in [6.07, 6.45) is 7.43. The van der Waals surface area contributed by atoms with Crippen LogP contribution in [0.4, 0.5) is 10.6 Å². The maximum absolute atomic E-state index is 12.2. The predicted octanol–water partition coefficient (Wildman–Crippen LogP) is 3.06. The molecular weight excluding hydrogens is 338 g/mol. The van der Waals surface area contributed by atoms with E-state index in [4.69, 9.17) is 0 Å². The number of likely N-dealkylation sites (tertiary alicyclic amines) is 1. The molecule has 2 heterocycles. The van der Waals surface area contributed by atoms with Crippen LogP contribution in [0.25, 0.3) is 0 Å². The van der Waals surface area contributed by atoms with E-state index in [0.29, 0.717) is 24.0 Å². The lowest BCUT2D eigenvalue weighted by molar-refractivity contribution is 0.175. The van der Waals surface area contributed by atoms with Gasteiger partial charge in [0.2, 0.25) is 0 Å². The largest absolute Gasteiger partial charge is 0.338 e. The Hall–Kier alpha value is -2.47. The lowest BCUT2D eigenvalue weighted by Gasteiger charge is -2.31. The third kappa shape index (κ3) is 5.26. The predicted molar refractivity (Wildman–Crippen MR) is 106 cm³/mol. The topological polar surface area (TPSA) is 70.2 Å². The van der Waals surface area contributed by atoms with Crippen LogP contribution in [0.2, 0.25) is 0 Å². The number of urea groups is 1. The van der Waals surface area contributed by atoms with E-state index in [1.54, 1.807) is 12.3 Å². The molecular formula is C21H27N5O. The molecule has 1 aromatic carbocycles. The number of nitrogens with one attached hydrogen (secondary N) is 2. The van der Waals surface area contributed by atoms with E-state index in [-0.39, 0.29) is 6.03 Å². The van der Waals surface area contributed by atoms with Crippen molar-refractivity contribution in [1.82, 2.24) is 20.2 Å². The van der Waals surface area contributed by atoms with Crippen molar-refractivity contribution in [1.29, 1.82) is 0 Å². The van der Waals surface area contributed by atoms with Crippen molar-refractivity contribution >= 4 is 11.8 Å². The molecule has 0 bridgehead atoms. The fourth-order valence-electron chi connectivity index (χ4n) is 3.69. The molecule has 1 saturated heterocycles. The molecule has 142 valence electrons. The summed E-state index contributed by atoms with van der Waals surface area (Å²) < 4.78 is 0. The first-order valence-corrected chi connectivity index (χ1v) is 9.91. The maximum atomic E-state index is 12.2. The van der Waals surface area contributed by atoms with Crippen LogP contribution in [0, 0.1) is 5.92 Å². The molecule has 1 aromatic heterocycles. The number of rotatable bonds is 6. The average molecular weight is 365 g/mol. The number of aromatic nitrogens is 2. The lowest BCUT2D eigenvalue weighted by Crippen LogP contribution is -2.40. The van der Waals surface area contributed by atoms with Gasteiger partial charge in [-0.15, -0.1) is 0 Å². The fourth-order valence-corrected chi connectivity index (χ4v) is 3.69. The molecule has 0 unspecified atom stereocenters. The van der Waals surface area contributed by atoms with Crippen molar-refractivity contribution in [2.45, 2.75) is 38.1 Å². The van der Waals surface area contributed by atoms with Crippen molar-refractivity contribution in [3.05, 3.63) is 54.0 Å². The highest BCUT2D eigenvalue weighted by Crippen LogP contribution is 2.30. The molecule has 2 amide bonds. The molecule has 0 spiro atoms. The molecule has 1 aliphatic heterocycles. The van der Waals surface area contributed by atoms with Gasteiger partial charge in [-0.05, 0) is 56.3 Å². The summed E-state index contributed by atoms with van der Waals surface area (Å²) in [5, 5.41) is 5.83. The van der Waals surface area contributed by atoms with Gasteiger partial charge in [-0.25, -0.2) is 14.8 Å². The highest BCUT2D eigenvalue weighted by molar-refractivity contribution is 5.88. The van der Waals surface area contributed by atoms with E-state index in [0.717, 1.165) is 18.2 Å². The summed E-state index contributed by atoms with van der Waals surface area (Å²) in [6.45, 7) is 3.08. The Morgan fingerprint density at radius 2 is 1.85 bits per heavy atom. The number of carbonyl (C=O) groups is 1. The van der Waals surface area contributed by atoms with Crippen LogP contribution in [0.15, 0.2) is 42.6 Å². The molecule has 0 atom stereocenters. The van der Waals surface area contributed by atoms with Crippen LogP contribution in [0.5, 0.6) is 0 Å². The fraction of sp³-hybridized carbons (Fsp3) is 0.476. The summed E-state index contributed by atoms with van der Waals surface area (Å²) in [6, 6.07) is 12.5. The lowest BCUT2D eigenvalue weighted by atomic mass is 9.97. The minimum Gasteiger partial charge on any atom is -0.338 e. The van der Waals surface area contributed by atoms with Gasteiger partial charge >= 0.3 is 6.03 Å². The van der Waals surface area contributed by atoms with E-state index >= 15 is 0 Å². The number of hydrogen-bond donors (Lipinski definition) is 2. The maximum Gasteiger partial charge on any atom is 0.320 e. The SMILES string of the molecule is O=C(NCC1CCN(C2CC2)CC1)Nc1ccnc(Cc2ccccc2)n1. The van der Waals surface area contributed by atoms with Crippen molar-refractivity contribution in [2.75, 3.05) is 25.0 Å². The number of anilines is 1. The van der Waals surface area contributed by atoms with Gasteiger partial charge in [0.15, 0.2) is 0 Å². The first-order valence-electron chi connectivity index (χ1n) is 9.91. The Morgan fingerprint density at radius 1 is 1.07 bits per heavy atom. The smallest absolute Gasteiger partial charge is 0.320 e. The molecule has 4 rings (SSSR count). The molecule has 6 nitrogen and oxygen atoms in total. The van der Waals surface area contributed by atoms with E-state index in [1.807, 2.05) is 30.3 Å². The molecule has 1 aliphatic carbocycles. The van der Waals surface area contributed by atoms with Crippen LogP contribution in [-0.2, 0) is 6.42 Å². The number of benzene rings is 1. The Bertz CT molecular complexity index is 754. The standard InChI is InChI=1S/C21H27N5O/c27-21(23-15-17-9-12-26(13-10-17)18-6-7-18)25-19-8-11-22-20(24-19)14-16-4-2-1-3-5-16/h1-5,8,11,17-18H,6-7,9-10,12-15H2,(H2,22,23,24,25,27). The number of hydrogen-bond acceptors (Lipinski definition) is 4. The van der Waals surface area contributed by atoms with Crippen LogP contribution in [0.3, 0.4) is 0 Å². The number of carbonyl (C=O) groups excluding carboxylic acids is 1. The van der Waals surface area contributed by atoms with Crippen LogP contribution in [0.1, 0.15) is 37.1 Å². The monoisotopic (exact) mass is 365 g/mol. The van der Waals surface area contributed by atoms with Crippen LogP contribution >= 0.6 is 0 Å². The minimum atomic E-state index is -0.191. The molecule has 2 aromatic rings. The summed E-state index contributed by atoms with van der Waals surface area (Å²) >= 11 is 0. The second kappa shape index (κ2) is 8.48. The van der Waals surface area contributed by atoms with E-state index in [9.17, 15) is 4.79 Å². The Kier molecular flexibility index (Phi) is 5.63. The van der Waals surface area contributed by atoms with Gasteiger partial charge in [0.1, 0.15) is 11.6 Å². The normalized spacial score (nSPS) is 18.2. The van der Waals surface area contributed by atoms with E-state index in [2.05, 4.69) is 25.5 Å². The molecule has 2 aliphatic rings. The second-order valence-electron chi connectivity index (χ2n) is 7.57. The quantitative estimate of drug-likeness (QED) is 0.825. The van der Waals surface area contributed by atoms with Gasteiger partial charge in [-0.3, -0.25) is 5.32 Å². The van der Waals surface area contributed by atoms with Gasteiger partial charge < -0.3 is 10.2 Å². The Morgan fingerprint density at radius 3 is 2.59 bits per heavy atom. The molecule has 1 saturated carbocycles. The van der Waals surface area contributed by atoms with Crippen molar-refractivity contribution in [3.8, 4) is 0 Å². The summed E-state index contributed by atoms with van der Waals surface area (Å²) in [7, 11) is 0. The van der Waals surface area contributed by atoms with E-state index in [1.165, 1.54) is 38.8 Å². The van der Waals surface area contributed by atoms with Gasteiger partial charge in [0.25, 0.3) is 0 Å². The Labute approximate surface area is 160 Å². The summed E-state index contributed by atoms with van der Waals surface area (Å²) in [5.74, 6) is 1.81. The molecule has 2 N–H and O–H groups in total. The molecule has 2 fully saturated rings. The number of nitrogens with zero attached hydrogens (tertiary/aromatic N) is 3. The molecule has 27 heavy (non-hydrogen) atoms. The summed E-state index contributed by atoms with van der Waals surface area (Å²) in [5.41, 5.74) is 1.15. The number of piperidine rings is 1. The van der Waals surface area contributed by atoms with E-state index < -0.39 is 0 Å². The zero-order valence-corrected chi connectivity index (χ0v) is 15.6. The highest BCUT2D eigenvalue weighted by Gasteiger charge is 2.31.